The molecule has 0 aliphatic carbocycles. The predicted molar refractivity (Wildman–Crippen MR) is 33.0 cm³/mol. The molecule has 2 heteroatoms. The summed E-state index contributed by atoms with van der Waals surface area (Å²) in [6.07, 6.45) is 1.78. The van der Waals surface area contributed by atoms with E-state index < -0.39 is 0 Å². The fourth-order valence-electron chi connectivity index (χ4n) is 0.284. The van der Waals surface area contributed by atoms with Gasteiger partial charge in [0.1, 0.15) is 0 Å². The van der Waals surface area contributed by atoms with Crippen LogP contribution < -0.4 is 0 Å². The molecule has 0 aliphatic heterocycles. The van der Waals surface area contributed by atoms with Gasteiger partial charge in [-0.3, -0.25) is 0 Å². The zero-order chi connectivity index (χ0) is 5.70. The van der Waals surface area contributed by atoms with Crippen molar-refractivity contribution < 1.29 is 4.79 Å². The molecule has 0 aromatic carbocycles. The van der Waals surface area contributed by atoms with Crippen LogP contribution in [0.1, 0.15) is 6.42 Å². The van der Waals surface area contributed by atoms with E-state index in [0.717, 1.165) is 18.0 Å². The van der Waals surface area contributed by atoms with Crippen molar-refractivity contribution in [3.8, 4) is 0 Å². The Bertz CT molecular complexity index is 52.0. The van der Waals surface area contributed by atoms with Crippen LogP contribution in [-0.2, 0) is 4.79 Å². The maximum atomic E-state index is 9.73. The van der Waals surface area contributed by atoms with Gasteiger partial charge in [0.25, 0.3) is 0 Å². The quantitative estimate of drug-likeness (QED) is 0.456. The summed E-state index contributed by atoms with van der Waals surface area (Å²) in [5.74, 6) is 4.48. The van der Waals surface area contributed by atoms with Crippen molar-refractivity contribution in [3.05, 3.63) is 0 Å². The van der Waals surface area contributed by atoms with Gasteiger partial charge in [-0.15, -0.1) is 0 Å². The molecule has 0 heterocycles. The number of carbonyl (C=O) groups excluding carboxylic acids is 1. The van der Waals surface area contributed by atoms with Gasteiger partial charge >= 0.3 is 48.4 Å². The van der Waals surface area contributed by atoms with E-state index in [1.54, 1.807) is 0 Å². The molecule has 0 saturated heterocycles. The second-order valence-electron chi connectivity index (χ2n) is 1.65. The molecule has 0 saturated carbocycles. The first-order valence-electron chi connectivity index (χ1n) is 2.25. The van der Waals surface area contributed by atoms with Gasteiger partial charge in [-0.25, -0.2) is 0 Å². The molecular formula is C5H11OSe+. The van der Waals surface area contributed by atoms with Gasteiger partial charge in [0, 0.05) is 0 Å². The summed E-state index contributed by atoms with van der Waals surface area (Å²) in [6.45, 7) is 0. The number of rotatable bonds is 3. The molecule has 0 amide bonds. The zero-order valence-electron chi connectivity index (χ0n) is 4.81. The molecule has 0 radical (unpaired) electrons. The monoisotopic (exact) mass is 167 g/mol. The summed E-state index contributed by atoms with van der Waals surface area (Å²) in [7, 11) is 0. The van der Waals surface area contributed by atoms with Gasteiger partial charge in [0.05, 0.1) is 0 Å². The maximum absolute atomic E-state index is 9.73. The Morgan fingerprint density at radius 2 is 2.14 bits per heavy atom. The molecule has 1 nitrogen and oxygen atoms in total. The Hall–Kier alpha value is 0.189. The molecule has 0 spiro atoms. The Morgan fingerprint density at radius 1 is 1.57 bits per heavy atom. The van der Waals surface area contributed by atoms with Gasteiger partial charge in [-0.2, -0.15) is 0 Å². The van der Waals surface area contributed by atoms with Crippen molar-refractivity contribution >= 4 is 20.2 Å². The van der Waals surface area contributed by atoms with E-state index >= 15 is 0 Å². The van der Waals surface area contributed by atoms with Crippen LogP contribution in [0, 0.1) is 0 Å². The van der Waals surface area contributed by atoms with Crippen molar-refractivity contribution in [1.82, 2.24) is 0 Å². The molecule has 0 aromatic heterocycles. The van der Waals surface area contributed by atoms with E-state index in [0.29, 0.717) is 0 Å². The molecular weight excluding hydrogens is 155 g/mol. The van der Waals surface area contributed by atoms with Crippen molar-refractivity contribution in [2.24, 2.45) is 0 Å². The van der Waals surface area contributed by atoms with Gasteiger partial charge in [-0.1, -0.05) is 0 Å². The Kier molecular flexibility index (Phi) is 4.47. The van der Waals surface area contributed by atoms with Crippen LogP contribution in [0.2, 0.25) is 17.0 Å². The molecule has 0 N–H and O–H groups in total. The topological polar surface area (TPSA) is 17.1 Å². The molecule has 7 heavy (non-hydrogen) atoms. The standard InChI is InChI=1S/C5H11OSe/c1-7(2)5-3-4-6/h4H,3,5H2,1-2H3/q+1. The van der Waals surface area contributed by atoms with Crippen LogP contribution in [-0.4, -0.2) is 20.2 Å². The molecule has 0 aliphatic rings. The van der Waals surface area contributed by atoms with Gasteiger partial charge in [0.15, 0.2) is 0 Å². The molecule has 0 fully saturated rings. The fraction of sp³-hybridized carbons (Fsp3) is 0.800. The van der Waals surface area contributed by atoms with Gasteiger partial charge in [0.2, 0.25) is 0 Å². The molecule has 0 unspecified atom stereocenters. The van der Waals surface area contributed by atoms with Crippen LogP contribution in [0.15, 0.2) is 0 Å². The number of carbonyl (C=O) groups is 1. The normalized spacial score (nSPS) is 9.57. The van der Waals surface area contributed by atoms with Gasteiger partial charge in [-0.05, 0) is 0 Å². The van der Waals surface area contributed by atoms with Crippen molar-refractivity contribution in [1.29, 1.82) is 0 Å². The predicted octanol–water partition coefficient (Wildman–Crippen LogP) is 1.33. The first-order valence-corrected chi connectivity index (χ1v) is 6.89. The van der Waals surface area contributed by atoms with E-state index in [1.165, 1.54) is 0 Å². The van der Waals surface area contributed by atoms with Crippen LogP contribution in [0.4, 0.5) is 0 Å². The zero-order valence-corrected chi connectivity index (χ0v) is 6.52. The van der Waals surface area contributed by atoms with Crippen molar-refractivity contribution in [2.75, 3.05) is 0 Å². The molecule has 0 aromatic rings. The SMILES string of the molecule is C[Se+](C)CCC=O. The van der Waals surface area contributed by atoms with Crippen molar-refractivity contribution in [3.63, 3.8) is 0 Å². The summed E-state index contributed by atoms with van der Waals surface area (Å²) in [6, 6.07) is 0. The fourth-order valence-corrected chi connectivity index (χ4v) is 1.47. The third-order valence-electron chi connectivity index (χ3n) is 0.644. The van der Waals surface area contributed by atoms with E-state index in [9.17, 15) is 4.79 Å². The Balaban J connectivity index is 2.81. The third kappa shape index (κ3) is 6.19. The first-order chi connectivity index (χ1) is 3.27. The Labute approximate surface area is 49.0 Å². The Morgan fingerprint density at radius 3 is 2.29 bits per heavy atom. The second kappa shape index (κ2) is 4.35. The van der Waals surface area contributed by atoms with E-state index in [4.69, 9.17) is 0 Å². The summed E-state index contributed by atoms with van der Waals surface area (Å²) in [5, 5.41) is 1.16. The van der Waals surface area contributed by atoms with E-state index in [-0.39, 0.29) is 13.9 Å². The van der Waals surface area contributed by atoms with Crippen LogP contribution in [0.3, 0.4) is 0 Å². The number of hydrogen-bond acceptors (Lipinski definition) is 1. The van der Waals surface area contributed by atoms with E-state index in [2.05, 4.69) is 11.6 Å². The molecule has 42 valence electrons. The van der Waals surface area contributed by atoms with Crippen LogP contribution in [0.5, 0.6) is 0 Å². The average molecular weight is 166 g/mol. The number of aldehydes is 1. The summed E-state index contributed by atoms with van der Waals surface area (Å²) < 4.78 is 0. The minimum atomic E-state index is -0.310. The number of hydrogen-bond donors (Lipinski definition) is 0. The summed E-state index contributed by atoms with van der Waals surface area (Å²) >= 11 is -0.310. The minimum absolute atomic E-state index is 0.310. The summed E-state index contributed by atoms with van der Waals surface area (Å²) in [5.41, 5.74) is 0. The molecule has 0 bridgehead atoms. The molecule has 0 rings (SSSR count). The molecule has 0 atom stereocenters. The average Bonchev–Trinajstić information content (AvgIpc) is 1.61. The van der Waals surface area contributed by atoms with Gasteiger partial charge < -0.3 is 0 Å². The van der Waals surface area contributed by atoms with Crippen molar-refractivity contribution in [2.45, 2.75) is 23.4 Å². The third-order valence-corrected chi connectivity index (χ3v) is 2.85. The summed E-state index contributed by atoms with van der Waals surface area (Å²) in [4.78, 5) is 9.73. The van der Waals surface area contributed by atoms with Crippen LogP contribution in [0.25, 0.3) is 0 Å². The van der Waals surface area contributed by atoms with Crippen LogP contribution >= 0.6 is 0 Å². The first kappa shape index (κ1) is 7.19. The second-order valence-corrected chi connectivity index (χ2v) is 6.64. The van der Waals surface area contributed by atoms with E-state index in [1.807, 2.05) is 0 Å².